The van der Waals surface area contributed by atoms with Gasteiger partial charge in [0.1, 0.15) is 5.82 Å². The van der Waals surface area contributed by atoms with E-state index in [4.69, 9.17) is 0 Å². The van der Waals surface area contributed by atoms with Crippen LogP contribution in [0.1, 0.15) is 27.3 Å². The minimum atomic E-state index is -3.18. The Morgan fingerprint density at radius 1 is 1.32 bits per heavy atom. The largest absolute Gasteiger partial charge is 0.347 e. The van der Waals surface area contributed by atoms with Gasteiger partial charge < -0.3 is 5.32 Å². The minimum Gasteiger partial charge on any atom is -0.347 e. The van der Waals surface area contributed by atoms with Crippen LogP contribution in [0.25, 0.3) is 0 Å². The Bertz CT molecular complexity index is 812. The summed E-state index contributed by atoms with van der Waals surface area (Å²) in [5.74, 6) is -0.891. The molecular formula is C14H14FN3O3S. The van der Waals surface area contributed by atoms with Gasteiger partial charge in [0, 0.05) is 24.2 Å². The molecule has 0 bridgehead atoms. The molecule has 1 aromatic carbocycles. The first kappa shape index (κ1) is 14.7. The van der Waals surface area contributed by atoms with E-state index in [-0.39, 0.29) is 29.6 Å². The van der Waals surface area contributed by atoms with Gasteiger partial charge in [-0.25, -0.2) is 12.8 Å². The fourth-order valence-corrected chi connectivity index (χ4v) is 3.78. The van der Waals surface area contributed by atoms with Crippen LogP contribution in [0.15, 0.2) is 24.3 Å². The number of benzene rings is 1. The van der Waals surface area contributed by atoms with Crippen LogP contribution in [-0.2, 0) is 28.6 Å². The molecule has 0 fully saturated rings. The fraction of sp³-hybridized carbons (Fsp3) is 0.286. The molecule has 8 heteroatoms. The number of hydrogen-bond acceptors (Lipinski definition) is 4. The Balaban J connectivity index is 1.73. The van der Waals surface area contributed by atoms with Crippen LogP contribution in [0, 0.1) is 5.82 Å². The van der Waals surface area contributed by atoms with E-state index in [2.05, 4.69) is 15.5 Å². The minimum absolute atomic E-state index is 0.0683. The van der Waals surface area contributed by atoms with E-state index in [1.54, 1.807) is 12.1 Å². The van der Waals surface area contributed by atoms with Gasteiger partial charge in [0.25, 0.3) is 5.91 Å². The second-order valence-corrected chi connectivity index (χ2v) is 7.36. The van der Waals surface area contributed by atoms with Crippen LogP contribution in [0.2, 0.25) is 0 Å². The summed E-state index contributed by atoms with van der Waals surface area (Å²) in [5.41, 5.74) is 2.00. The Morgan fingerprint density at radius 3 is 2.77 bits per heavy atom. The lowest BCUT2D eigenvalue weighted by Crippen LogP contribution is -2.26. The molecular weight excluding hydrogens is 309 g/mol. The van der Waals surface area contributed by atoms with Crippen molar-refractivity contribution in [3.8, 4) is 0 Å². The molecule has 0 aliphatic carbocycles. The maximum absolute atomic E-state index is 12.8. The van der Waals surface area contributed by atoms with Crippen LogP contribution in [-0.4, -0.2) is 30.3 Å². The predicted octanol–water partition coefficient (Wildman–Crippen LogP) is 0.950. The molecule has 0 atom stereocenters. The standard InChI is InChI=1S/C14H14FN3O3S/c15-10-3-1-9(2-4-10)7-16-14(19)13-11-8-22(20,21)6-5-12(11)17-18-13/h1-4H,5-8H2,(H,16,19)(H,17,18). The van der Waals surface area contributed by atoms with E-state index < -0.39 is 15.7 Å². The van der Waals surface area contributed by atoms with Crippen molar-refractivity contribution < 1.29 is 17.6 Å². The summed E-state index contributed by atoms with van der Waals surface area (Å²) in [6.45, 7) is 0.216. The normalized spacial score (nSPS) is 16.0. The van der Waals surface area contributed by atoms with Gasteiger partial charge in [-0.05, 0) is 17.7 Å². The lowest BCUT2D eigenvalue weighted by molar-refractivity contribution is 0.0945. The number of rotatable bonds is 3. The Kier molecular flexibility index (Phi) is 3.69. The van der Waals surface area contributed by atoms with Gasteiger partial charge in [-0.15, -0.1) is 0 Å². The van der Waals surface area contributed by atoms with Crippen molar-refractivity contribution in [2.24, 2.45) is 0 Å². The van der Waals surface area contributed by atoms with Gasteiger partial charge in [0.2, 0.25) is 0 Å². The number of carbonyl (C=O) groups excluding carboxylic acids is 1. The van der Waals surface area contributed by atoms with E-state index in [0.29, 0.717) is 17.7 Å². The Morgan fingerprint density at radius 2 is 2.05 bits per heavy atom. The smallest absolute Gasteiger partial charge is 0.272 e. The summed E-state index contributed by atoms with van der Waals surface area (Å²) in [5, 5.41) is 9.31. The molecule has 2 heterocycles. The second kappa shape index (κ2) is 5.53. The molecule has 6 nitrogen and oxygen atoms in total. The molecule has 0 radical (unpaired) electrons. The molecule has 2 N–H and O–H groups in total. The van der Waals surface area contributed by atoms with Crippen molar-refractivity contribution in [2.45, 2.75) is 18.7 Å². The first-order valence-corrected chi connectivity index (χ1v) is 8.56. The van der Waals surface area contributed by atoms with Crippen molar-refractivity contribution >= 4 is 15.7 Å². The first-order valence-electron chi connectivity index (χ1n) is 6.74. The summed E-state index contributed by atoms with van der Waals surface area (Å²) in [6, 6.07) is 5.76. The van der Waals surface area contributed by atoms with E-state index in [9.17, 15) is 17.6 Å². The number of nitrogens with one attached hydrogen (secondary N) is 2. The number of sulfone groups is 1. The molecule has 22 heavy (non-hydrogen) atoms. The highest BCUT2D eigenvalue weighted by molar-refractivity contribution is 7.90. The molecule has 0 spiro atoms. The fourth-order valence-electron chi connectivity index (χ4n) is 2.37. The van der Waals surface area contributed by atoms with Crippen molar-refractivity contribution in [3.05, 3.63) is 52.6 Å². The Labute approximate surface area is 126 Å². The molecule has 116 valence electrons. The zero-order chi connectivity index (χ0) is 15.7. The highest BCUT2D eigenvalue weighted by Gasteiger charge is 2.28. The maximum Gasteiger partial charge on any atom is 0.272 e. The molecule has 3 rings (SSSR count). The highest BCUT2D eigenvalue weighted by atomic mass is 32.2. The number of amides is 1. The third kappa shape index (κ3) is 3.01. The summed E-state index contributed by atoms with van der Waals surface area (Å²) >= 11 is 0. The number of fused-ring (bicyclic) bond motifs is 1. The molecule has 1 aromatic heterocycles. The SMILES string of the molecule is O=C(NCc1ccc(F)cc1)c1n[nH]c2c1CS(=O)(=O)CC2. The van der Waals surface area contributed by atoms with E-state index >= 15 is 0 Å². The monoisotopic (exact) mass is 323 g/mol. The molecule has 0 unspecified atom stereocenters. The molecule has 1 amide bonds. The zero-order valence-corrected chi connectivity index (χ0v) is 12.4. The summed E-state index contributed by atoms with van der Waals surface area (Å²) < 4.78 is 36.2. The average Bonchev–Trinajstić information content (AvgIpc) is 2.88. The quantitative estimate of drug-likeness (QED) is 0.880. The predicted molar refractivity (Wildman–Crippen MR) is 77.4 cm³/mol. The topological polar surface area (TPSA) is 91.9 Å². The molecule has 0 saturated heterocycles. The van der Waals surface area contributed by atoms with Gasteiger partial charge >= 0.3 is 0 Å². The van der Waals surface area contributed by atoms with Crippen LogP contribution < -0.4 is 5.32 Å². The van der Waals surface area contributed by atoms with Crippen LogP contribution in [0.3, 0.4) is 0 Å². The maximum atomic E-state index is 12.8. The van der Waals surface area contributed by atoms with Crippen LogP contribution >= 0.6 is 0 Å². The second-order valence-electron chi connectivity index (χ2n) is 5.18. The van der Waals surface area contributed by atoms with Gasteiger partial charge in [-0.3, -0.25) is 9.89 Å². The number of nitrogens with zero attached hydrogens (tertiary/aromatic N) is 1. The molecule has 2 aromatic rings. The Hall–Kier alpha value is -2.22. The summed E-state index contributed by atoms with van der Waals surface area (Å²) in [6.07, 6.45) is 0.343. The average molecular weight is 323 g/mol. The van der Waals surface area contributed by atoms with E-state index in [1.165, 1.54) is 12.1 Å². The van der Waals surface area contributed by atoms with Gasteiger partial charge in [-0.2, -0.15) is 5.10 Å². The lowest BCUT2D eigenvalue weighted by atomic mass is 10.1. The number of aromatic nitrogens is 2. The summed E-state index contributed by atoms with van der Waals surface area (Å²) in [7, 11) is -3.18. The van der Waals surface area contributed by atoms with Gasteiger partial charge in [0.05, 0.1) is 11.5 Å². The number of hydrogen-bond donors (Lipinski definition) is 2. The highest BCUT2D eigenvalue weighted by Crippen LogP contribution is 2.21. The van der Waals surface area contributed by atoms with E-state index in [0.717, 1.165) is 5.56 Å². The number of H-pyrrole nitrogens is 1. The lowest BCUT2D eigenvalue weighted by Gasteiger charge is -2.12. The molecule has 1 aliphatic rings. The van der Waals surface area contributed by atoms with Crippen LogP contribution in [0.5, 0.6) is 0 Å². The number of aromatic amines is 1. The van der Waals surface area contributed by atoms with Crippen molar-refractivity contribution in [2.75, 3.05) is 5.75 Å². The molecule has 0 saturated carbocycles. The first-order chi connectivity index (χ1) is 10.4. The van der Waals surface area contributed by atoms with Crippen molar-refractivity contribution in [3.63, 3.8) is 0 Å². The van der Waals surface area contributed by atoms with Crippen molar-refractivity contribution in [1.29, 1.82) is 0 Å². The third-order valence-corrected chi connectivity index (χ3v) is 5.12. The van der Waals surface area contributed by atoms with Gasteiger partial charge in [-0.1, -0.05) is 12.1 Å². The zero-order valence-electron chi connectivity index (χ0n) is 11.6. The number of halogens is 1. The van der Waals surface area contributed by atoms with Crippen molar-refractivity contribution in [1.82, 2.24) is 15.5 Å². The van der Waals surface area contributed by atoms with Crippen LogP contribution in [0.4, 0.5) is 4.39 Å². The number of aryl methyl sites for hydroxylation is 1. The number of carbonyl (C=O) groups is 1. The van der Waals surface area contributed by atoms with E-state index in [1.807, 2.05) is 0 Å². The summed E-state index contributed by atoms with van der Waals surface area (Å²) in [4.78, 5) is 12.2. The molecule has 1 aliphatic heterocycles. The van der Waals surface area contributed by atoms with Gasteiger partial charge in [0.15, 0.2) is 15.5 Å². The third-order valence-electron chi connectivity index (χ3n) is 3.56.